The molecule has 5 rings (SSSR count). The number of pyridine rings is 1. The molecule has 1 aromatic heterocycles. The second-order valence-electron chi connectivity index (χ2n) is 9.99. The summed E-state index contributed by atoms with van der Waals surface area (Å²) >= 11 is 0. The molecule has 0 unspecified atom stereocenters. The summed E-state index contributed by atoms with van der Waals surface area (Å²) in [7, 11) is 2.24. The Morgan fingerprint density at radius 1 is 1.06 bits per heavy atom. The van der Waals surface area contributed by atoms with E-state index in [1.165, 1.54) is 39.0 Å². The minimum absolute atomic E-state index is 0.173. The average Bonchev–Trinajstić information content (AvgIpc) is 2.84. The van der Waals surface area contributed by atoms with Crippen LogP contribution in [0.2, 0.25) is 0 Å². The second-order valence-corrected chi connectivity index (χ2v) is 9.99. The zero-order valence-electron chi connectivity index (χ0n) is 20.0. The third-order valence-corrected chi connectivity index (χ3v) is 7.61. The quantitative estimate of drug-likeness (QED) is 0.712. The number of ether oxygens (including phenoxy) is 1. The summed E-state index contributed by atoms with van der Waals surface area (Å²) in [6, 6.07) is 11.1. The van der Waals surface area contributed by atoms with Gasteiger partial charge in [-0.15, -0.1) is 0 Å². The molecule has 2 aromatic rings. The van der Waals surface area contributed by atoms with Crippen molar-refractivity contribution in [1.29, 1.82) is 5.26 Å². The number of piperazine rings is 1. The van der Waals surface area contributed by atoms with Crippen molar-refractivity contribution in [3.63, 3.8) is 0 Å². The maximum Gasteiger partial charge on any atom is 0.101 e. The molecule has 3 aliphatic heterocycles. The lowest BCUT2D eigenvalue weighted by molar-refractivity contribution is -0.0408. The van der Waals surface area contributed by atoms with E-state index in [0.717, 1.165) is 55.4 Å². The number of benzene rings is 1. The number of piperidine rings is 1. The van der Waals surface area contributed by atoms with E-state index >= 15 is 0 Å². The molecular formula is C26H36N6O. The van der Waals surface area contributed by atoms with Gasteiger partial charge < -0.3 is 14.5 Å². The Balaban J connectivity index is 1.22. The standard InChI is InChI=1S/C26H36N6O/c1-20-17-32(25-6-5-21(16-27)26-24(25)4-3-9-28-26)19-23(33-20)18-30-12-14-31(15-13-30)22-7-10-29(2)11-8-22/h3-6,9,20,22-23H,7-8,10-15,17-19H2,1-2H3/t20-,23+/m1/s1. The fourth-order valence-corrected chi connectivity index (χ4v) is 5.83. The number of hydrogen-bond acceptors (Lipinski definition) is 7. The predicted molar refractivity (Wildman–Crippen MR) is 132 cm³/mol. The Bertz CT molecular complexity index is 990. The Morgan fingerprint density at radius 2 is 1.85 bits per heavy atom. The number of nitrogens with zero attached hydrogens (tertiary/aromatic N) is 6. The molecule has 3 fully saturated rings. The molecule has 0 spiro atoms. The van der Waals surface area contributed by atoms with Crippen molar-refractivity contribution in [2.45, 2.75) is 38.0 Å². The van der Waals surface area contributed by atoms with Crippen molar-refractivity contribution < 1.29 is 4.74 Å². The first-order chi connectivity index (χ1) is 16.1. The molecule has 7 heteroatoms. The Hall–Kier alpha value is -2.24. The molecule has 33 heavy (non-hydrogen) atoms. The van der Waals surface area contributed by atoms with Gasteiger partial charge in [0, 0.05) is 69.1 Å². The summed E-state index contributed by atoms with van der Waals surface area (Å²) in [4.78, 5) is 14.7. The van der Waals surface area contributed by atoms with Gasteiger partial charge in [-0.05, 0) is 64.2 Å². The molecule has 0 amide bonds. The molecule has 3 saturated heterocycles. The van der Waals surface area contributed by atoms with Crippen LogP contribution in [0, 0.1) is 11.3 Å². The van der Waals surface area contributed by atoms with Crippen LogP contribution in [-0.2, 0) is 4.74 Å². The van der Waals surface area contributed by atoms with E-state index in [4.69, 9.17) is 4.74 Å². The number of hydrogen-bond donors (Lipinski definition) is 0. The number of morpholine rings is 1. The molecule has 176 valence electrons. The maximum atomic E-state index is 9.48. The van der Waals surface area contributed by atoms with Crippen LogP contribution in [0.4, 0.5) is 5.69 Å². The summed E-state index contributed by atoms with van der Waals surface area (Å²) < 4.78 is 6.38. The smallest absolute Gasteiger partial charge is 0.101 e. The van der Waals surface area contributed by atoms with E-state index < -0.39 is 0 Å². The van der Waals surface area contributed by atoms with Gasteiger partial charge in [0.25, 0.3) is 0 Å². The van der Waals surface area contributed by atoms with Gasteiger partial charge in [0.15, 0.2) is 0 Å². The first-order valence-corrected chi connectivity index (χ1v) is 12.4. The molecular weight excluding hydrogens is 412 g/mol. The van der Waals surface area contributed by atoms with Crippen LogP contribution in [0.15, 0.2) is 30.5 Å². The first kappa shape index (κ1) is 22.5. The van der Waals surface area contributed by atoms with Crippen molar-refractivity contribution >= 4 is 16.6 Å². The minimum Gasteiger partial charge on any atom is -0.370 e. The molecule has 0 aliphatic carbocycles. The molecule has 0 bridgehead atoms. The van der Waals surface area contributed by atoms with Gasteiger partial charge in [-0.2, -0.15) is 5.26 Å². The number of likely N-dealkylation sites (tertiary alicyclic amines) is 1. The van der Waals surface area contributed by atoms with Crippen LogP contribution in [-0.4, -0.2) is 104 Å². The topological polar surface area (TPSA) is 58.9 Å². The number of rotatable bonds is 4. The van der Waals surface area contributed by atoms with E-state index in [1.54, 1.807) is 6.20 Å². The van der Waals surface area contributed by atoms with Gasteiger partial charge in [0.2, 0.25) is 0 Å². The Labute approximate surface area is 197 Å². The summed E-state index contributed by atoms with van der Waals surface area (Å²) in [6.07, 6.45) is 4.74. The highest BCUT2D eigenvalue weighted by Crippen LogP contribution is 2.30. The van der Waals surface area contributed by atoms with Gasteiger partial charge in [0.05, 0.1) is 23.3 Å². The fraction of sp³-hybridized carbons (Fsp3) is 0.615. The van der Waals surface area contributed by atoms with E-state index in [1.807, 2.05) is 12.1 Å². The zero-order chi connectivity index (χ0) is 22.8. The number of nitriles is 1. The monoisotopic (exact) mass is 448 g/mol. The van der Waals surface area contributed by atoms with Crippen molar-refractivity contribution in [3.05, 3.63) is 36.0 Å². The largest absolute Gasteiger partial charge is 0.370 e. The number of fused-ring (bicyclic) bond motifs is 1. The third kappa shape index (κ3) is 4.99. The highest BCUT2D eigenvalue weighted by atomic mass is 16.5. The summed E-state index contributed by atoms with van der Waals surface area (Å²) in [6.45, 7) is 11.9. The highest BCUT2D eigenvalue weighted by Gasteiger charge is 2.31. The van der Waals surface area contributed by atoms with Crippen LogP contribution < -0.4 is 4.90 Å². The SMILES string of the molecule is C[C@@H]1CN(c2ccc(C#N)c3ncccc23)C[C@H](CN2CCN(C3CCN(C)CC3)CC2)O1. The number of anilines is 1. The highest BCUT2D eigenvalue weighted by molar-refractivity contribution is 5.95. The molecule has 7 nitrogen and oxygen atoms in total. The van der Waals surface area contributed by atoms with Crippen LogP contribution >= 0.6 is 0 Å². The van der Waals surface area contributed by atoms with Crippen molar-refractivity contribution in [2.24, 2.45) is 0 Å². The molecule has 2 atom stereocenters. The summed E-state index contributed by atoms with van der Waals surface area (Å²) in [5.74, 6) is 0. The van der Waals surface area contributed by atoms with Crippen molar-refractivity contribution in [1.82, 2.24) is 19.7 Å². The zero-order valence-corrected chi connectivity index (χ0v) is 20.0. The van der Waals surface area contributed by atoms with Gasteiger partial charge in [0.1, 0.15) is 6.07 Å². The summed E-state index contributed by atoms with van der Waals surface area (Å²) in [5, 5.41) is 10.5. The predicted octanol–water partition coefficient (Wildman–Crippen LogP) is 2.41. The average molecular weight is 449 g/mol. The van der Waals surface area contributed by atoms with Crippen LogP contribution in [0.25, 0.3) is 10.9 Å². The van der Waals surface area contributed by atoms with Crippen molar-refractivity contribution in [2.75, 3.05) is 70.9 Å². The fourth-order valence-electron chi connectivity index (χ4n) is 5.83. The molecule has 1 aromatic carbocycles. The lowest BCUT2D eigenvalue weighted by atomic mass is 10.0. The molecule has 0 N–H and O–H groups in total. The number of aromatic nitrogens is 1. The summed E-state index contributed by atoms with van der Waals surface area (Å²) in [5.41, 5.74) is 2.58. The van der Waals surface area contributed by atoms with Gasteiger partial charge >= 0.3 is 0 Å². The van der Waals surface area contributed by atoms with Crippen LogP contribution in [0.3, 0.4) is 0 Å². The Morgan fingerprint density at radius 3 is 2.61 bits per heavy atom. The van der Waals surface area contributed by atoms with Gasteiger partial charge in [-0.3, -0.25) is 14.8 Å². The minimum atomic E-state index is 0.173. The Kier molecular flexibility index (Phi) is 6.79. The molecule has 4 heterocycles. The lowest BCUT2D eigenvalue weighted by Gasteiger charge is -2.44. The molecule has 0 radical (unpaired) electrons. The maximum absolute atomic E-state index is 9.48. The lowest BCUT2D eigenvalue weighted by Crippen LogP contribution is -2.56. The molecule has 3 aliphatic rings. The molecule has 0 saturated carbocycles. The second kappa shape index (κ2) is 9.94. The normalized spacial score (nSPS) is 26.5. The van der Waals surface area contributed by atoms with Crippen molar-refractivity contribution in [3.8, 4) is 6.07 Å². The van der Waals surface area contributed by atoms with E-state index in [9.17, 15) is 5.26 Å². The van der Waals surface area contributed by atoms with E-state index in [2.05, 4.69) is 56.8 Å². The van der Waals surface area contributed by atoms with Gasteiger partial charge in [-0.1, -0.05) is 0 Å². The van der Waals surface area contributed by atoms with Gasteiger partial charge in [-0.25, -0.2) is 0 Å². The van der Waals surface area contributed by atoms with Crippen LogP contribution in [0.1, 0.15) is 25.3 Å². The van der Waals surface area contributed by atoms with E-state index in [-0.39, 0.29) is 12.2 Å². The van der Waals surface area contributed by atoms with E-state index in [0.29, 0.717) is 5.56 Å². The third-order valence-electron chi connectivity index (χ3n) is 7.61. The first-order valence-electron chi connectivity index (χ1n) is 12.4. The van der Waals surface area contributed by atoms with Crippen LogP contribution in [0.5, 0.6) is 0 Å².